The van der Waals surface area contributed by atoms with Crippen molar-refractivity contribution in [3.05, 3.63) is 56.7 Å². The molecule has 0 atom stereocenters. The van der Waals surface area contributed by atoms with Gasteiger partial charge in [0, 0.05) is 30.9 Å². The molecule has 1 aromatic carbocycles. The Morgan fingerprint density at radius 1 is 0.958 bits per heavy atom. The summed E-state index contributed by atoms with van der Waals surface area (Å²) in [6.45, 7) is 1.39. The molecule has 3 N–H and O–H groups in total. The van der Waals surface area contributed by atoms with Crippen LogP contribution in [0.3, 0.4) is 0 Å². The summed E-state index contributed by atoms with van der Waals surface area (Å²) >= 11 is 5.08. The maximum Gasteiger partial charge on any atom is 0.315 e. The molecule has 2 aromatic rings. The third-order valence-electron chi connectivity index (χ3n) is 3.26. The lowest BCUT2D eigenvalue weighted by Crippen LogP contribution is -2.37. The first kappa shape index (κ1) is 18.5. The van der Waals surface area contributed by atoms with Gasteiger partial charge in [-0.15, -0.1) is 11.3 Å². The van der Waals surface area contributed by atoms with Crippen LogP contribution in [0.5, 0.6) is 0 Å². The average Bonchev–Trinajstić information content (AvgIpc) is 2.99. The van der Waals surface area contributed by atoms with Crippen LogP contribution in [0.25, 0.3) is 0 Å². The molecular formula is C17H20BrN3O2S. The Kier molecular flexibility index (Phi) is 7.77. The number of hydrogen-bond acceptors (Lipinski definition) is 3. The highest BCUT2D eigenvalue weighted by Gasteiger charge is 2.04. The first-order valence-corrected chi connectivity index (χ1v) is 9.31. The van der Waals surface area contributed by atoms with Gasteiger partial charge in [0.1, 0.15) is 0 Å². The third kappa shape index (κ3) is 7.14. The van der Waals surface area contributed by atoms with E-state index in [9.17, 15) is 9.59 Å². The topological polar surface area (TPSA) is 70.2 Å². The summed E-state index contributed by atoms with van der Waals surface area (Å²) in [6, 6.07) is 13.4. The monoisotopic (exact) mass is 409 g/mol. The van der Waals surface area contributed by atoms with E-state index in [0.717, 1.165) is 15.8 Å². The standard InChI is InChI=1S/C17H20BrN3O2S/c18-15-7-6-14(24-15)8-10-19-16(22)9-11-20-17(23)21-12-13-4-2-1-3-5-13/h1-7H,8-12H2,(H,19,22)(H2,20,21,23). The Labute approximate surface area is 154 Å². The van der Waals surface area contributed by atoms with Gasteiger partial charge in [0.05, 0.1) is 3.79 Å². The van der Waals surface area contributed by atoms with Crippen molar-refractivity contribution in [2.45, 2.75) is 19.4 Å². The summed E-state index contributed by atoms with van der Waals surface area (Å²) in [5.41, 5.74) is 1.03. The Morgan fingerprint density at radius 3 is 2.46 bits per heavy atom. The molecule has 0 fully saturated rings. The minimum Gasteiger partial charge on any atom is -0.356 e. The molecule has 0 saturated carbocycles. The maximum atomic E-state index is 11.7. The zero-order chi connectivity index (χ0) is 17.2. The van der Waals surface area contributed by atoms with Crippen molar-refractivity contribution in [3.63, 3.8) is 0 Å². The molecule has 3 amide bonds. The maximum absolute atomic E-state index is 11.7. The van der Waals surface area contributed by atoms with Gasteiger partial charge in [-0.1, -0.05) is 30.3 Å². The van der Waals surface area contributed by atoms with E-state index in [1.165, 1.54) is 4.88 Å². The number of rotatable bonds is 8. The van der Waals surface area contributed by atoms with Crippen molar-refractivity contribution in [2.24, 2.45) is 0 Å². The first-order chi connectivity index (χ1) is 11.6. The van der Waals surface area contributed by atoms with Crippen molar-refractivity contribution in [3.8, 4) is 0 Å². The fourth-order valence-corrected chi connectivity index (χ4v) is 3.51. The molecule has 0 aliphatic heterocycles. The molecule has 0 radical (unpaired) electrons. The molecule has 0 aliphatic carbocycles. The predicted molar refractivity (Wildman–Crippen MR) is 100 cm³/mol. The van der Waals surface area contributed by atoms with Crippen LogP contribution in [0.15, 0.2) is 46.3 Å². The summed E-state index contributed by atoms with van der Waals surface area (Å²) in [5, 5.41) is 8.29. The van der Waals surface area contributed by atoms with Crippen molar-refractivity contribution >= 4 is 39.2 Å². The number of hydrogen-bond donors (Lipinski definition) is 3. The molecule has 7 heteroatoms. The molecule has 0 bridgehead atoms. The number of nitrogens with one attached hydrogen (secondary N) is 3. The highest BCUT2D eigenvalue weighted by molar-refractivity contribution is 9.11. The van der Waals surface area contributed by atoms with E-state index in [4.69, 9.17) is 0 Å². The summed E-state index contributed by atoms with van der Waals surface area (Å²) < 4.78 is 1.09. The van der Waals surface area contributed by atoms with Crippen LogP contribution >= 0.6 is 27.3 Å². The first-order valence-electron chi connectivity index (χ1n) is 7.70. The Morgan fingerprint density at radius 2 is 1.75 bits per heavy atom. The fraction of sp³-hybridized carbons (Fsp3) is 0.294. The molecule has 5 nitrogen and oxygen atoms in total. The molecule has 1 heterocycles. The van der Waals surface area contributed by atoms with Gasteiger partial charge in [-0.25, -0.2) is 4.79 Å². The van der Waals surface area contributed by atoms with Crippen LogP contribution in [-0.2, 0) is 17.8 Å². The minimum atomic E-state index is -0.268. The van der Waals surface area contributed by atoms with E-state index in [2.05, 4.69) is 31.9 Å². The zero-order valence-corrected chi connectivity index (χ0v) is 15.6. The molecular weight excluding hydrogens is 390 g/mol. The normalized spacial score (nSPS) is 10.2. The molecule has 24 heavy (non-hydrogen) atoms. The SMILES string of the molecule is O=C(CCNC(=O)NCc1ccccc1)NCCc1ccc(Br)s1. The van der Waals surface area contributed by atoms with Crippen molar-refractivity contribution < 1.29 is 9.59 Å². The van der Waals surface area contributed by atoms with E-state index in [0.29, 0.717) is 19.6 Å². The lowest BCUT2D eigenvalue weighted by Gasteiger charge is -2.08. The van der Waals surface area contributed by atoms with Crippen LogP contribution in [0.1, 0.15) is 16.9 Å². The second-order valence-corrected chi connectivity index (χ2v) is 7.70. The van der Waals surface area contributed by atoms with E-state index in [1.54, 1.807) is 11.3 Å². The summed E-state index contributed by atoms with van der Waals surface area (Å²) in [6.07, 6.45) is 1.08. The molecule has 0 saturated heterocycles. The Balaban J connectivity index is 1.52. The molecule has 1 aromatic heterocycles. The highest BCUT2D eigenvalue weighted by Crippen LogP contribution is 2.21. The van der Waals surface area contributed by atoms with Gasteiger partial charge in [0.15, 0.2) is 0 Å². The number of halogens is 1. The number of carbonyl (C=O) groups excluding carboxylic acids is 2. The summed E-state index contributed by atoms with van der Waals surface area (Å²) in [7, 11) is 0. The van der Waals surface area contributed by atoms with E-state index in [-0.39, 0.29) is 18.4 Å². The summed E-state index contributed by atoms with van der Waals surface area (Å²) in [4.78, 5) is 24.6. The van der Waals surface area contributed by atoms with Crippen LogP contribution < -0.4 is 16.0 Å². The second kappa shape index (κ2) is 10.1. The molecule has 128 valence electrons. The van der Waals surface area contributed by atoms with E-state index < -0.39 is 0 Å². The van der Waals surface area contributed by atoms with E-state index in [1.807, 2.05) is 42.5 Å². The highest BCUT2D eigenvalue weighted by atomic mass is 79.9. The Hall–Kier alpha value is -1.86. The van der Waals surface area contributed by atoms with Crippen LogP contribution in [-0.4, -0.2) is 25.0 Å². The fourth-order valence-electron chi connectivity index (χ4n) is 2.03. The number of benzene rings is 1. The van der Waals surface area contributed by atoms with Gasteiger partial charge in [-0.05, 0) is 40.0 Å². The van der Waals surface area contributed by atoms with Gasteiger partial charge in [0.2, 0.25) is 5.91 Å². The lowest BCUT2D eigenvalue weighted by atomic mass is 10.2. The smallest absolute Gasteiger partial charge is 0.315 e. The average molecular weight is 410 g/mol. The van der Waals surface area contributed by atoms with Crippen molar-refractivity contribution in [1.82, 2.24) is 16.0 Å². The largest absolute Gasteiger partial charge is 0.356 e. The van der Waals surface area contributed by atoms with Crippen LogP contribution in [0, 0.1) is 0 Å². The summed E-state index contributed by atoms with van der Waals surface area (Å²) in [5.74, 6) is -0.0611. The molecule has 0 unspecified atom stereocenters. The van der Waals surface area contributed by atoms with Gasteiger partial charge >= 0.3 is 6.03 Å². The van der Waals surface area contributed by atoms with Crippen molar-refractivity contribution in [2.75, 3.05) is 13.1 Å². The second-order valence-electron chi connectivity index (χ2n) is 5.15. The number of urea groups is 1. The zero-order valence-electron chi connectivity index (χ0n) is 13.2. The number of thiophene rings is 1. The quantitative estimate of drug-likeness (QED) is 0.626. The Bertz CT molecular complexity index is 661. The van der Waals surface area contributed by atoms with Gasteiger partial charge < -0.3 is 16.0 Å². The molecule has 0 aliphatic rings. The van der Waals surface area contributed by atoms with Crippen molar-refractivity contribution in [1.29, 1.82) is 0 Å². The van der Waals surface area contributed by atoms with E-state index >= 15 is 0 Å². The van der Waals surface area contributed by atoms with Gasteiger partial charge in [-0.2, -0.15) is 0 Å². The van der Waals surface area contributed by atoms with Gasteiger partial charge in [0.25, 0.3) is 0 Å². The molecule has 0 spiro atoms. The predicted octanol–water partition coefficient (Wildman–Crippen LogP) is 3.06. The van der Waals surface area contributed by atoms with Crippen LogP contribution in [0.2, 0.25) is 0 Å². The number of amides is 3. The van der Waals surface area contributed by atoms with Crippen LogP contribution in [0.4, 0.5) is 4.79 Å². The van der Waals surface area contributed by atoms with Gasteiger partial charge in [-0.3, -0.25) is 4.79 Å². The number of carbonyl (C=O) groups is 2. The molecule has 2 rings (SSSR count). The third-order valence-corrected chi connectivity index (χ3v) is 4.94. The lowest BCUT2D eigenvalue weighted by molar-refractivity contribution is -0.120. The minimum absolute atomic E-state index is 0.0611.